The first-order chi connectivity index (χ1) is 18.1. The molecule has 0 aromatic rings. The largest absolute Gasteiger partial charge is 0.457 e. The molecule has 0 amide bonds. The van der Waals surface area contributed by atoms with Crippen LogP contribution < -0.4 is 0 Å². The minimum Gasteiger partial charge on any atom is -0.457 e. The molecule has 0 radical (unpaired) electrons. The van der Waals surface area contributed by atoms with Crippen LogP contribution in [0.5, 0.6) is 0 Å². The smallest absolute Gasteiger partial charge is 0.309 e. The van der Waals surface area contributed by atoms with Crippen molar-refractivity contribution in [3.05, 3.63) is 36.0 Å². The van der Waals surface area contributed by atoms with Crippen molar-refractivity contribution in [1.29, 1.82) is 0 Å². The summed E-state index contributed by atoms with van der Waals surface area (Å²) < 4.78 is 16.8. The van der Waals surface area contributed by atoms with E-state index in [-0.39, 0.29) is 37.2 Å². The maximum atomic E-state index is 12.6. The molecule has 0 spiro atoms. The Morgan fingerprint density at radius 2 is 2.00 bits per heavy atom. The fourth-order valence-corrected chi connectivity index (χ4v) is 5.01. The summed E-state index contributed by atoms with van der Waals surface area (Å²) in [7, 11) is 0. The van der Waals surface area contributed by atoms with Crippen molar-refractivity contribution < 1.29 is 44.2 Å². The summed E-state index contributed by atoms with van der Waals surface area (Å²) in [5.74, 6) is -1.24. The number of carbonyl (C=O) groups excluding carboxylic acids is 2. The van der Waals surface area contributed by atoms with Gasteiger partial charge in [-0.25, -0.2) is 0 Å². The first-order valence-electron chi connectivity index (χ1n) is 13.9. The maximum Gasteiger partial charge on any atom is 0.309 e. The second-order valence-corrected chi connectivity index (χ2v) is 11.7. The average Bonchev–Trinajstić information content (AvgIpc) is 3.62. The van der Waals surface area contributed by atoms with Gasteiger partial charge in [0.1, 0.15) is 29.5 Å². The lowest BCUT2D eigenvalue weighted by atomic mass is 9.88. The predicted molar refractivity (Wildman–Crippen MR) is 146 cm³/mol. The number of cyclic esters (lactones) is 1. The zero-order valence-electron chi connectivity index (χ0n) is 24.4. The van der Waals surface area contributed by atoms with Gasteiger partial charge in [-0.05, 0) is 64.0 Å². The molecule has 0 aliphatic carbocycles. The van der Waals surface area contributed by atoms with Crippen LogP contribution in [0.15, 0.2) is 36.0 Å². The Morgan fingerprint density at radius 3 is 2.62 bits per heavy atom. The molecule has 222 valence electrons. The summed E-state index contributed by atoms with van der Waals surface area (Å²) in [6.45, 7) is 12.0. The molecule has 2 aliphatic heterocycles. The fourth-order valence-electron chi connectivity index (χ4n) is 5.01. The Kier molecular flexibility index (Phi) is 11.9. The third kappa shape index (κ3) is 9.83. The van der Waals surface area contributed by atoms with Gasteiger partial charge < -0.3 is 34.6 Å². The first kappa shape index (κ1) is 33.2. The standard InChI is InChI=1S/C30H48O9/c1-8-24(33)30(7,36)28-23(38-28)16-18(2)10-9-11-19(3)27-20(4)12-13-25(37-21(5)31)29(6,35)15-14-22(32)17-26(34)39-27/h9-13,18,20,22-25,27-28,32-33,35-36H,8,14-17H2,1-7H3. The topological polar surface area (TPSA) is 146 Å². The summed E-state index contributed by atoms with van der Waals surface area (Å²) in [5, 5.41) is 41.9. The predicted octanol–water partition coefficient (Wildman–Crippen LogP) is 3.14. The van der Waals surface area contributed by atoms with E-state index in [1.54, 1.807) is 26.0 Å². The quantitative estimate of drug-likeness (QED) is 0.147. The SMILES string of the molecule is CCC(O)C(C)(O)C1OC1CC(C)C=CC=C(C)C1OC(=O)CC(O)CCC(C)(O)C(OC(C)=O)C=CC1C. The number of rotatable bonds is 9. The number of carbonyl (C=O) groups is 2. The van der Waals surface area contributed by atoms with Crippen LogP contribution in [0, 0.1) is 11.8 Å². The summed E-state index contributed by atoms with van der Waals surface area (Å²) in [6, 6.07) is 0. The van der Waals surface area contributed by atoms with Crippen LogP contribution in [0.25, 0.3) is 0 Å². The number of esters is 2. The minimum atomic E-state index is -1.42. The van der Waals surface area contributed by atoms with E-state index >= 15 is 0 Å². The molecule has 0 bridgehead atoms. The summed E-state index contributed by atoms with van der Waals surface area (Å²) in [6.07, 6.45) is 6.42. The molecule has 4 N–H and O–H groups in total. The third-order valence-corrected chi connectivity index (χ3v) is 7.69. The molecular formula is C30H48O9. The molecular weight excluding hydrogens is 504 g/mol. The van der Waals surface area contributed by atoms with Crippen LogP contribution in [0.3, 0.4) is 0 Å². The molecule has 0 saturated carbocycles. The minimum absolute atomic E-state index is 0.128. The van der Waals surface area contributed by atoms with E-state index in [2.05, 4.69) is 0 Å². The van der Waals surface area contributed by atoms with Gasteiger partial charge in [0, 0.05) is 12.8 Å². The van der Waals surface area contributed by atoms with Crippen molar-refractivity contribution in [1.82, 2.24) is 0 Å². The zero-order valence-corrected chi connectivity index (χ0v) is 24.4. The van der Waals surface area contributed by atoms with Gasteiger partial charge in [-0.15, -0.1) is 0 Å². The van der Waals surface area contributed by atoms with Crippen LogP contribution in [0.4, 0.5) is 0 Å². The molecule has 2 rings (SSSR count). The van der Waals surface area contributed by atoms with Crippen LogP contribution in [-0.4, -0.2) is 80.2 Å². The molecule has 0 aromatic heterocycles. The average molecular weight is 553 g/mol. The van der Waals surface area contributed by atoms with E-state index in [0.29, 0.717) is 12.8 Å². The normalized spacial score (nSPS) is 35.8. The zero-order chi connectivity index (χ0) is 29.5. The van der Waals surface area contributed by atoms with Gasteiger partial charge in [-0.1, -0.05) is 45.1 Å². The van der Waals surface area contributed by atoms with Crippen LogP contribution in [-0.2, 0) is 23.8 Å². The van der Waals surface area contributed by atoms with E-state index in [0.717, 1.165) is 5.57 Å². The number of allylic oxidation sites excluding steroid dienone is 3. The Labute approximate surface area is 232 Å². The molecule has 1 saturated heterocycles. The van der Waals surface area contributed by atoms with E-state index in [1.807, 2.05) is 45.9 Å². The second kappa shape index (κ2) is 14.0. The van der Waals surface area contributed by atoms with Crippen molar-refractivity contribution in [2.75, 3.05) is 0 Å². The molecule has 0 aromatic carbocycles. The van der Waals surface area contributed by atoms with Crippen molar-refractivity contribution in [2.45, 2.75) is 128 Å². The number of aliphatic hydroxyl groups is 4. The summed E-state index contributed by atoms with van der Waals surface area (Å²) in [4.78, 5) is 24.3. The highest BCUT2D eigenvalue weighted by atomic mass is 16.6. The molecule has 39 heavy (non-hydrogen) atoms. The van der Waals surface area contributed by atoms with Gasteiger partial charge in [0.2, 0.25) is 0 Å². The Hall–Kier alpha value is -2.04. The first-order valence-corrected chi connectivity index (χ1v) is 13.9. The number of epoxide rings is 1. The molecule has 9 nitrogen and oxygen atoms in total. The third-order valence-electron chi connectivity index (χ3n) is 7.69. The second-order valence-electron chi connectivity index (χ2n) is 11.7. The van der Waals surface area contributed by atoms with E-state index in [1.165, 1.54) is 6.92 Å². The lowest BCUT2D eigenvalue weighted by Gasteiger charge is -2.32. The Balaban J connectivity index is 2.14. The van der Waals surface area contributed by atoms with Gasteiger partial charge in [0.05, 0.1) is 24.7 Å². The van der Waals surface area contributed by atoms with Crippen LogP contribution in [0.1, 0.15) is 80.6 Å². The highest BCUT2D eigenvalue weighted by Crippen LogP contribution is 2.39. The van der Waals surface area contributed by atoms with Gasteiger partial charge in [0.25, 0.3) is 0 Å². The van der Waals surface area contributed by atoms with Crippen molar-refractivity contribution >= 4 is 11.9 Å². The Morgan fingerprint density at radius 1 is 1.33 bits per heavy atom. The van der Waals surface area contributed by atoms with E-state index < -0.39 is 53.7 Å². The van der Waals surface area contributed by atoms with Gasteiger partial charge >= 0.3 is 11.9 Å². The van der Waals surface area contributed by atoms with Crippen molar-refractivity contribution in [2.24, 2.45) is 11.8 Å². The number of hydrogen-bond donors (Lipinski definition) is 4. The van der Waals surface area contributed by atoms with Crippen LogP contribution in [0.2, 0.25) is 0 Å². The summed E-state index contributed by atoms with van der Waals surface area (Å²) >= 11 is 0. The van der Waals surface area contributed by atoms with Crippen molar-refractivity contribution in [3.8, 4) is 0 Å². The lowest BCUT2D eigenvalue weighted by Crippen LogP contribution is -2.45. The number of aliphatic hydroxyl groups excluding tert-OH is 2. The fraction of sp³-hybridized carbons (Fsp3) is 0.733. The highest BCUT2D eigenvalue weighted by molar-refractivity contribution is 5.70. The molecule has 10 atom stereocenters. The number of ether oxygens (including phenoxy) is 3. The molecule has 2 aliphatic rings. The highest BCUT2D eigenvalue weighted by Gasteiger charge is 2.54. The molecule has 9 heteroatoms. The maximum absolute atomic E-state index is 12.6. The van der Waals surface area contributed by atoms with E-state index in [9.17, 15) is 30.0 Å². The van der Waals surface area contributed by atoms with Crippen LogP contribution >= 0.6 is 0 Å². The number of hydrogen-bond acceptors (Lipinski definition) is 9. The van der Waals surface area contributed by atoms with Crippen molar-refractivity contribution in [3.63, 3.8) is 0 Å². The van der Waals surface area contributed by atoms with E-state index in [4.69, 9.17) is 14.2 Å². The Bertz CT molecular complexity index is 919. The molecule has 2 heterocycles. The van der Waals surface area contributed by atoms with Gasteiger partial charge in [-0.3, -0.25) is 9.59 Å². The van der Waals surface area contributed by atoms with Gasteiger partial charge in [-0.2, -0.15) is 0 Å². The monoisotopic (exact) mass is 552 g/mol. The summed E-state index contributed by atoms with van der Waals surface area (Å²) in [5.41, 5.74) is -1.92. The lowest BCUT2D eigenvalue weighted by molar-refractivity contribution is -0.157. The molecule has 10 unspecified atom stereocenters. The van der Waals surface area contributed by atoms with Gasteiger partial charge in [0.15, 0.2) is 0 Å². The molecule has 1 fully saturated rings.